The second-order valence-corrected chi connectivity index (χ2v) is 6.67. The van der Waals surface area contributed by atoms with Crippen molar-refractivity contribution in [1.82, 2.24) is 6.15 Å². The van der Waals surface area contributed by atoms with Crippen LogP contribution in [0.1, 0.15) is 78.1 Å². The first-order valence-corrected chi connectivity index (χ1v) is 9.07. The minimum Gasteiger partial charge on any atom is -0.344 e. The molecule has 5 heteroatoms. The molecule has 118 valence electrons. The van der Waals surface area contributed by atoms with Crippen LogP contribution in [0.4, 0.5) is 0 Å². The van der Waals surface area contributed by atoms with Gasteiger partial charge in [-0.3, -0.25) is 4.18 Å². The van der Waals surface area contributed by atoms with Crippen molar-refractivity contribution in [3.8, 4) is 0 Å². The highest BCUT2D eigenvalue weighted by molar-refractivity contribution is 7.86. The van der Waals surface area contributed by atoms with Crippen molar-refractivity contribution in [1.29, 1.82) is 0 Å². The number of hydrogen-bond donors (Lipinski definition) is 1. The number of rotatable bonds is 13. The highest BCUT2D eigenvalue weighted by Gasteiger charge is 2.09. The standard InChI is InChI=1S/C14H30O3S.H3N/c1-3-5-7-8-9-10-11-12-13-17-18(15,16)14-6-4-2;/h3-14H2,1-2H3;1H3. The molecule has 0 radical (unpaired) electrons. The summed E-state index contributed by atoms with van der Waals surface area (Å²) in [5.74, 6) is 0.167. The molecule has 0 spiro atoms. The summed E-state index contributed by atoms with van der Waals surface area (Å²) in [7, 11) is -3.25. The van der Waals surface area contributed by atoms with Crippen LogP contribution in [0.5, 0.6) is 0 Å². The van der Waals surface area contributed by atoms with Crippen molar-refractivity contribution in [3.05, 3.63) is 0 Å². The van der Waals surface area contributed by atoms with Crippen LogP contribution in [0.15, 0.2) is 0 Å². The number of unbranched alkanes of at least 4 members (excludes halogenated alkanes) is 8. The molecule has 0 fully saturated rings. The van der Waals surface area contributed by atoms with Gasteiger partial charge in [-0.1, -0.05) is 65.2 Å². The van der Waals surface area contributed by atoms with Crippen LogP contribution in [0.2, 0.25) is 0 Å². The lowest BCUT2D eigenvalue weighted by Gasteiger charge is -2.05. The average Bonchev–Trinajstić information content (AvgIpc) is 2.34. The molecule has 0 saturated heterocycles. The fraction of sp³-hybridized carbons (Fsp3) is 1.00. The van der Waals surface area contributed by atoms with Gasteiger partial charge in [-0.15, -0.1) is 0 Å². The molecule has 0 aliphatic rings. The Morgan fingerprint density at radius 3 is 1.74 bits per heavy atom. The first kappa shape index (κ1) is 21.2. The molecule has 0 atom stereocenters. The smallest absolute Gasteiger partial charge is 0.267 e. The maximum Gasteiger partial charge on any atom is 0.267 e. The highest BCUT2D eigenvalue weighted by atomic mass is 32.2. The van der Waals surface area contributed by atoms with Gasteiger partial charge in [-0.2, -0.15) is 8.42 Å². The van der Waals surface area contributed by atoms with Gasteiger partial charge < -0.3 is 6.15 Å². The van der Waals surface area contributed by atoms with Crippen molar-refractivity contribution >= 4 is 10.1 Å². The maximum atomic E-state index is 11.4. The average molecular weight is 295 g/mol. The Hall–Kier alpha value is -0.130. The monoisotopic (exact) mass is 295 g/mol. The van der Waals surface area contributed by atoms with Gasteiger partial charge in [0.25, 0.3) is 10.1 Å². The molecule has 0 saturated carbocycles. The van der Waals surface area contributed by atoms with Crippen molar-refractivity contribution in [2.75, 3.05) is 12.4 Å². The van der Waals surface area contributed by atoms with E-state index < -0.39 is 10.1 Å². The molecule has 3 N–H and O–H groups in total. The van der Waals surface area contributed by atoms with Gasteiger partial charge in [0, 0.05) is 0 Å². The van der Waals surface area contributed by atoms with Gasteiger partial charge in [0.2, 0.25) is 0 Å². The Bertz CT molecular complexity index is 266. The van der Waals surface area contributed by atoms with E-state index >= 15 is 0 Å². The van der Waals surface area contributed by atoms with E-state index in [0.717, 1.165) is 19.3 Å². The van der Waals surface area contributed by atoms with Crippen LogP contribution in [0.25, 0.3) is 0 Å². The molecule has 0 unspecified atom stereocenters. The third-order valence-corrected chi connectivity index (χ3v) is 4.32. The minimum absolute atomic E-state index is 0. The molecule has 0 aromatic heterocycles. The predicted molar refractivity (Wildman–Crippen MR) is 82.3 cm³/mol. The van der Waals surface area contributed by atoms with E-state index in [1.54, 1.807) is 0 Å². The summed E-state index contributed by atoms with van der Waals surface area (Å²) in [6, 6.07) is 0. The van der Waals surface area contributed by atoms with E-state index in [-0.39, 0.29) is 11.9 Å². The lowest BCUT2D eigenvalue weighted by Crippen LogP contribution is -2.11. The molecule has 0 aliphatic heterocycles. The van der Waals surface area contributed by atoms with Gasteiger partial charge in [0.05, 0.1) is 12.4 Å². The Balaban J connectivity index is 0. The van der Waals surface area contributed by atoms with Gasteiger partial charge in [0.15, 0.2) is 0 Å². The van der Waals surface area contributed by atoms with Crippen molar-refractivity contribution in [2.45, 2.75) is 78.1 Å². The second kappa shape index (κ2) is 14.3. The zero-order valence-corrected chi connectivity index (χ0v) is 13.6. The summed E-state index contributed by atoms with van der Waals surface area (Å²) in [5, 5.41) is 0. The molecule has 0 amide bonds. The normalized spacial score (nSPS) is 11.3. The van der Waals surface area contributed by atoms with E-state index in [1.807, 2.05) is 6.92 Å². The van der Waals surface area contributed by atoms with Crippen LogP contribution in [-0.4, -0.2) is 20.8 Å². The Labute approximate surface area is 120 Å². The van der Waals surface area contributed by atoms with Gasteiger partial charge in [-0.05, 0) is 12.8 Å². The lowest BCUT2D eigenvalue weighted by atomic mass is 10.1. The number of hydrogen-bond acceptors (Lipinski definition) is 4. The molecule has 19 heavy (non-hydrogen) atoms. The van der Waals surface area contributed by atoms with E-state index in [1.165, 1.54) is 38.5 Å². The van der Waals surface area contributed by atoms with Crippen LogP contribution in [0, 0.1) is 0 Å². The second-order valence-electron chi connectivity index (χ2n) is 4.91. The van der Waals surface area contributed by atoms with E-state index in [4.69, 9.17) is 4.18 Å². The van der Waals surface area contributed by atoms with Gasteiger partial charge >= 0.3 is 0 Å². The zero-order chi connectivity index (χ0) is 13.7. The van der Waals surface area contributed by atoms with Crippen molar-refractivity contribution in [3.63, 3.8) is 0 Å². The van der Waals surface area contributed by atoms with Crippen LogP contribution in [0.3, 0.4) is 0 Å². The first-order chi connectivity index (χ1) is 8.62. The SMILES string of the molecule is CCCCCCCCCCOS(=O)(=O)CCCC.N. The van der Waals surface area contributed by atoms with Crippen molar-refractivity contribution < 1.29 is 12.6 Å². The maximum absolute atomic E-state index is 11.4. The van der Waals surface area contributed by atoms with Crippen LogP contribution in [-0.2, 0) is 14.3 Å². The third kappa shape index (κ3) is 15.8. The summed E-state index contributed by atoms with van der Waals surface area (Å²) in [6.45, 7) is 4.56. The fourth-order valence-corrected chi connectivity index (χ4v) is 2.93. The molecule has 0 aromatic carbocycles. The largest absolute Gasteiger partial charge is 0.344 e. The summed E-state index contributed by atoms with van der Waals surface area (Å²) < 4.78 is 27.7. The topological polar surface area (TPSA) is 78.4 Å². The van der Waals surface area contributed by atoms with Crippen LogP contribution < -0.4 is 6.15 Å². The Morgan fingerprint density at radius 2 is 1.21 bits per heavy atom. The van der Waals surface area contributed by atoms with E-state index in [0.29, 0.717) is 13.0 Å². The minimum atomic E-state index is -3.25. The molecule has 0 aliphatic carbocycles. The first-order valence-electron chi connectivity index (χ1n) is 7.49. The summed E-state index contributed by atoms with van der Waals surface area (Å²) in [6.07, 6.45) is 11.2. The quantitative estimate of drug-likeness (QED) is 0.402. The molecular formula is C14H33NO3S. The molecule has 0 rings (SSSR count). The molecule has 0 aromatic rings. The molecule has 0 heterocycles. The summed E-state index contributed by atoms with van der Waals surface area (Å²) >= 11 is 0. The Morgan fingerprint density at radius 1 is 0.737 bits per heavy atom. The summed E-state index contributed by atoms with van der Waals surface area (Å²) in [4.78, 5) is 0. The highest BCUT2D eigenvalue weighted by Crippen LogP contribution is 2.09. The predicted octanol–water partition coefficient (Wildman–Crippen LogP) is 4.44. The zero-order valence-electron chi connectivity index (χ0n) is 12.8. The third-order valence-electron chi connectivity index (χ3n) is 3.01. The van der Waals surface area contributed by atoms with Crippen molar-refractivity contribution in [2.24, 2.45) is 0 Å². The lowest BCUT2D eigenvalue weighted by molar-refractivity contribution is 0.305. The summed E-state index contributed by atoms with van der Waals surface area (Å²) in [5.41, 5.74) is 0. The van der Waals surface area contributed by atoms with Gasteiger partial charge in [0.1, 0.15) is 0 Å². The van der Waals surface area contributed by atoms with Crippen LogP contribution >= 0.6 is 0 Å². The van der Waals surface area contributed by atoms with Gasteiger partial charge in [-0.25, -0.2) is 0 Å². The fourth-order valence-electron chi connectivity index (χ4n) is 1.80. The van der Waals surface area contributed by atoms with E-state index in [9.17, 15) is 8.42 Å². The Kier molecular flexibility index (Phi) is 15.9. The molecule has 0 bridgehead atoms. The molecular weight excluding hydrogens is 262 g/mol. The molecule has 4 nitrogen and oxygen atoms in total. The van der Waals surface area contributed by atoms with E-state index in [2.05, 4.69) is 6.92 Å².